The Hall–Kier alpha value is -3.47. The summed E-state index contributed by atoms with van der Waals surface area (Å²) in [5.74, 6) is -0.647. The normalized spacial score (nSPS) is 19.4. The summed E-state index contributed by atoms with van der Waals surface area (Å²) in [6.07, 6.45) is -2.75. The second-order valence-electron chi connectivity index (χ2n) is 9.42. The van der Waals surface area contributed by atoms with E-state index in [0.717, 1.165) is 11.1 Å². The summed E-state index contributed by atoms with van der Waals surface area (Å²) in [6, 6.07) is 13.8. The molecule has 200 valence electrons. The van der Waals surface area contributed by atoms with E-state index in [1.165, 1.54) is 7.11 Å². The van der Waals surface area contributed by atoms with Crippen molar-refractivity contribution in [1.82, 2.24) is 10.6 Å². The van der Waals surface area contributed by atoms with E-state index in [0.29, 0.717) is 17.9 Å². The van der Waals surface area contributed by atoms with Crippen molar-refractivity contribution in [3.05, 3.63) is 65.2 Å². The molecule has 0 aromatic heterocycles. The fourth-order valence-electron chi connectivity index (χ4n) is 3.81. The van der Waals surface area contributed by atoms with Crippen LogP contribution in [-0.2, 0) is 30.3 Å². The van der Waals surface area contributed by atoms with E-state index in [1.807, 2.05) is 26.0 Å². The standard InChI is InChI=1S/C27H34N2O8/c1-27(2)16-36-26(19-9-11-20(34-3)12-10-19)37-22(27)24(32)28-14-13-21(30)23(31)29-15-17-5-7-18(8-6-17)25(33)35-4/h5-12,21-22,26,30H,13-16H2,1-4H3,(H,28,32)(H,29,31)/t21?,22?,26-/m1/s1. The molecule has 0 radical (unpaired) electrons. The van der Waals surface area contributed by atoms with Gasteiger partial charge in [-0.2, -0.15) is 0 Å². The zero-order valence-electron chi connectivity index (χ0n) is 21.5. The van der Waals surface area contributed by atoms with Crippen LogP contribution in [0, 0.1) is 5.41 Å². The number of carbonyl (C=O) groups excluding carboxylic acids is 3. The van der Waals surface area contributed by atoms with Gasteiger partial charge in [0.05, 0.1) is 26.4 Å². The van der Waals surface area contributed by atoms with Gasteiger partial charge in [-0.05, 0) is 36.2 Å². The van der Waals surface area contributed by atoms with Crippen LogP contribution in [0.25, 0.3) is 0 Å². The van der Waals surface area contributed by atoms with Crippen LogP contribution in [-0.4, -0.2) is 62.5 Å². The number of rotatable bonds is 10. The minimum Gasteiger partial charge on any atom is -0.497 e. The van der Waals surface area contributed by atoms with Crippen molar-refractivity contribution >= 4 is 17.8 Å². The van der Waals surface area contributed by atoms with E-state index in [-0.39, 0.29) is 25.4 Å². The second kappa shape index (κ2) is 12.7. The van der Waals surface area contributed by atoms with Gasteiger partial charge < -0.3 is 34.7 Å². The number of hydrogen-bond acceptors (Lipinski definition) is 8. The van der Waals surface area contributed by atoms with Gasteiger partial charge in [-0.15, -0.1) is 0 Å². The van der Waals surface area contributed by atoms with Crippen molar-refractivity contribution in [2.45, 2.75) is 45.3 Å². The van der Waals surface area contributed by atoms with Crippen molar-refractivity contribution in [3.63, 3.8) is 0 Å². The van der Waals surface area contributed by atoms with Crippen molar-refractivity contribution in [2.75, 3.05) is 27.4 Å². The first-order valence-corrected chi connectivity index (χ1v) is 12.0. The molecule has 3 rings (SSSR count). The Bertz CT molecular complexity index is 1070. The molecule has 10 heteroatoms. The van der Waals surface area contributed by atoms with Crippen LogP contribution in [0.5, 0.6) is 5.75 Å². The molecule has 2 unspecified atom stereocenters. The summed E-state index contributed by atoms with van der Waals surface area (Å²) < 4.78 is 21.7. The first-order chi connectivity index (χ1) is 17.6. The predicted octanol–water partition coefficient (Wildman–Crippen LogP) is 2.11. The summed E-state index contributed by atoms with van der Waals surface area (Å²) in [5, 5.41) is 15.6. The molecule has 1 heterocycles. The highest BCUT2D eigenvalue weighted by atomic mass is 16.7. The average molecular weight is 515 g/mol. The number of aliphatic hydroxyl groups excluding tert-OH is 1. The molecule has 2 aromatic carbocycles. The van der Waals surface area contributed by atoms with Gasteiger partial charge in [0.2, 0.25) is 11.8 Å². The lowest BCUT2D eigenvalue weighted by atomic mass is 9.85. The molecule has 0 bridgehead atoms. The number of esters is 1. The Balaban J connectivity index is 1.46. The second-order valence-corrected chi connectivity index (χ2v) is 9.42. The number of nitrogens with one attached hydrogen (secondary N) is 2. The number of hydrogen-bond donors (Lipinski definition) is 3. The van der Waals surface area contributed by atoms with E-state index in [2.05, 4.69) is 15.4 Å². The zero-order valence-corrected chi connectivity index (χ0v) is 21.5. The summed E-state index contributed by atoms with van der Waals surface area (Å²) in [7, 11) is 2.88. The lowest BCUT2D eigenvalue weighted by Crippen LogP contribution is -2.52. The third-order valence-corrected chi connectivity index (χ3v) is 6.06. The summed E-state index contributed by atoms with van der Waals surface area (Å²) in [5.41, 5.74) is 1.35. The van der Waals surface area contributed by atoms with Crippen molar-refractivity contribution in [3.8, 4) is 5.75 Å². The minimum absolute atomic E-state index is 0.0322. The number of benzene rings is 2. The lowest BCUT2D eigenvalue weighted by molar-refractivity contribution is -0.258. The van der Waals surface area contributed by atoms with Crippen LogP contribution >= 0.6 is 0 Å². The maximum absolute atomic E-state index is 12.9. The quantitative estimate of drug-likeness (QED) is 0.411. The highest BCUT2D eigenvalue weighted by molar-refractivity contribution is 5.89. The molecule has 3 N–H and O–H groups in total. The van der Waals surface area contributed by atoms with Gasteiger partial charge in [0.15, 0.2) is 6.29 Å². The Morgan fingerprint density at radius 3 is 2.35 bits per heavy atom. The molecule has 1 aliphatic heterocycles. The monoisotopic (exact) mass is 514 g/mol. The minimum atomic E-state index is -1.30. The Kier molecular flexibility index (Phi) is 9.62. The van der Waals surface area contributed by atoms with E-state index in [1.54, 1.807) is 43.5 Å². The largest absolute Gasteiger partial charge is 0.497 e. The van der Waals surface area contributed by atoms with Crippen LogP contribution in [0.3, 0.4) is 0 Å². The number of ether oxygens (including phenoxy) is 4. The molecule has 1 fully saturated rings. The van der Waals surface area contributed by atoms with Crippen molar-refractivity contribution in [2.24, 2.45) is 5.41 Å². The third-order valence-electron chi connectivity index (χ3n) is 6.06. The maximum atomic E-state index is 12.9. The third kappa shape index (κ3) is 7.51. The fraction of sp³-hybridized carbons (Fsp3) is 0.444. The topological polar surface area (TPSA) is 132 Å². The molecular weight excluding hydrogens is 480 g/mol. The van der Waals surface area contributed by atoms with Gasteiger partial charge >= 0.3 is 5.97 Å². The van der Waals surface area contributed by atoms with Crippen molar-refractivity contribution in [1.29, 1.82) is 0 Å². The Morgan fingerprint density at radius 1 is 1.05 bits per heavy atom. The first-order valence-electron chi connectivity index (χ1n) is 12.0. The molecular formula is C27H34N2O8. The van der Waals surface area contributed by atoms with Gasteiger partial charge in [0.1, 0.15) is 18.0 Å². The van der Waals surface area contributed by atoms with Crippen molar-refractivity contribution < 1.29 is 38.4 Å². The predicted molar refractivity (Wildman–Crippen MR) is 134 cm³/mol. The van der Waals surface area contributed by atoms with Gasteiger partial charge in [0.25, 0.3) is 0 Å². The summed E-state index contributed by atoms with van der Waals surface area (Å²) in [4.78, 5) is 36.7. The molecule has 37 heavy (non-hydrogen) atoms. The fourth-order valence-corrected chi connectivity index (χ4v) is 3.81. The maximum Gasteiger partial charge on any atom is 0.337 e. The average Bonchev–Trinajstić information content (AvgIpc) is 2.91. The van der Waals surface area contributed by atoms with E-state index >= 15 is 0 Å². The van der Waals surface area contributed by atoms with Crippen LogP contribution in [0.4, 0.5) is 0 Å². The number of methoxy groups -OCH3 is 2. The van der Waals surface area contributed by atoms with E-state index < -0.39 is 35.8 Å². The van der Waals surface area contributed by atoms with Gasteiger partial charge in [0, 0.05) is 24.1 Å². The number of aliphatic hydroxyl groups is 1. The van der Waals surface area contributed by atoms with Crippen LogP contribution < -0.4 is 15.4 Å². The molecule has 0 aliphatic carbocycles. The molecule has 2 aromatic rings. The molecule has 1 aliphatic rings. The molecule has 0 spiro atoms. The molecule has 1 saturated heterocycles. The van der Waals surface area contributed by atoms with E-state index in [4.69, 9.17) is 14.2 Å². The van der Waals surface area contributed by atoms with E-state index in [9.17, 15) is 19.5 Å². The van der Waals surface area contributed by atoms with Gasteiger partial charge in [-0.1, -0.05) is 38.1 Å². The van der Waals surface area contributed by atoms with Crippen LogP contribution in [0.1, 0.15) is 48.0 Å². The molecule has 2 amide bonds. The SMILES string of the molecule is COC(=O)c1ccc(CNC(=O)C(O)CCNC(=O)C2O[C@H](c3ccc(OC)cc3)OCC2(C)C)cc1. The van der Waals surface area contributed by atoms with Crippen LogP contribution in [0.2, 0.25) is 0 Å². The highest BCUT2D eigenvalue weighted by Gasteiger charge is 2.43. The Morgan fingerprint density at radius 2 is 1.73 bits per heavy atom. The molecule has 3 atom stereocenters. The smallest absolute Gasteiger partial charge is 0.337 e. The number of carbonyl (C=O) groups is 3. The molecule has 0 saturated carbocycles. The summed E-state index contributed by atoms with van der Waals surface area (Å²) in [6.45, 7) is 4.34. The van der Waals surface area contributed by atoms with Gasteiger partial charge in [-0.3, -0.25) is 9.59 Å². The van der Waals surface area contributed by atoms with Crippen LogP contribution in [0.15, 0.2) is 48.5 Å². The lowest BCUT2D eigenvalue weighted by Gasteiger charge is -2.41. The highest BCUT2D eigenvalue weighted by Crippen LogP contribution is 2.36. The molecule has 10 nitrogen and oxygen atoms in total. The first kappa shape index (κ1) is 28.1. The summed E-state index contributed by atoms with van der Waals surface area (Å²) >= 11 is 0. The zero-order chi connectivity index (χ0) is 27.0. The Labute approximate surface area is 216 Å². The number of amides is 2. The van der Waals surface area contributed by atoms with Gasteiger partial charge in [-0.25, -0.2) is 4.79 Å².